The van der Waals surface area contributed by atoms with E-state index in [4.69, 9.17) is 11.6 Å². The molecule has 4 rings (SSSR count). The molecule has 1 fully saturated rings. The van der Waals surface area contributed by atoms with Gasteiger partial charge in [0.05, 0.1) is 4.90 Å². The van der Waals surface area contributed by atoms with Gasteiger partial charge in [0.1, 0.15) is 0 Å². The van der Waals surface area contributed by atoms with Crippen LogP contribution >= 0.6 is 11.6 Å². The minimum atomic E-state index is -3.56. The Morgan fingerprint density at radius 2 is 1.78 bits per heavy atom. The van der Waals surface area contributed by atoms with Crippen molar-refractivity contribution < 1.29 is 13.2 Å². The molecule has 0 aliphatic carbocycles. The third kappa shape index (κ3) is 3.40. The summed E-state index contributed by atoms with van der Waals surface area (Å²) in [7, 11) is -3.56. The van der Waals surface area contributed by atoms with Gasteiger partial charge in [-0.05, 0) is 48.7 Å². The fourth-order valence-corrected chi connectivity index (χ4v) is 5.21. The van der Waals surface area contributed by atoms with Crippen molar-refractivity contribution in [1.82, 2.24) is 4.31 Å². The van der Waals surface area contributed by atoms with Gasteiger partial charge in [-0.15, -0.1) is 0 Å². The van der Waals surface area contributed by atoms with Crippen molar-refractivity contribution in [3.63, 3.8) is 0 Å². The molecule has 1 amide bonds. The molecule has 0 bridgehead atoms. The van der Waals surface area contributed by atoms with Crippen molar-refractivity contribution in [1.29, 1.82) is 0 Å². The van der Waals surface area contributed by atoms with Gasteiger partial charge in [-0.2, -0.15) is 4.31 Å². The van der Waals surface area contributed by atoms with Gasteiger partial charge >= 0.3 is 0 Å². The summed E-state index contributed by atoms with van der Waals surface area (Å²) in [4.78, 5) is 12.6. The lowest BCUT2D eigenvalue weighted by Crippen LogP contribution is -2.35. The van der Waals surface area contributed by atoms with Crippen LogP contribution in [0.3, 0.4) is 0 Å². The number of carbonyl (C=O) groups excluding carboxylic acids is 1. The van der Waals surface area contributed by atoms with Gasteiger partial charge in [-0.1, -0.05) is 36.2 Å². The van der Waals surface area contributed by atoms with Gasteiger partial charge in [0, 0.05) is 34.9 Å². The zero-order chi connectivity index (χ0) is 19.0. The number of hydrogen-bond acceptors (Lipinski definition) is 3. The van der Waals surface area contributed by atoms with E-state index in [9.17, 15) is 13.2 Å². The number of anilines is 1. The molecule has 140 valence electrons. The zero-order valence-corrected chi connectivity index (χ0v) is 16.2. The number of benzene rings is 2. The lowest BCUT2D eigenvalue weighted by molar-refractivity contribution is -0.110. The van der Waals surface area contributed by atoms with E-state index < -0.39 is 10.0 Å². The van der Waals surface area contributed by atoms with Crippen molar-refractivity contribution in [3.05, 3.63) is 58.6 Å². The molecule has 5 nitrogen and oxygen atoms in total. The van der Waals surface area contributed by atoms with Crippen molar-refractivity contribution in [2.45, 2.75) is 24.2 Å². The fraction of sp³-hybridized carbons (Fsp3) is 0.250. The van der Waals surface area contributed by atoms with E-state index in [1.54, 1.807) is 30.3 Å². The van der Waals surface area contributed by atoms with E-state index in [1.807, 2.05) is 18.2 Å². The first-order valence-electron chi connectivity index (χ1n) is 8.89. The molecule has 0 saturated carbocycles. The molecule has 0 radical (unpaired) electrons. The van der Waals surface area contributed by atoms with Crippen molar-refractivity contribution in [2.75, 3.05) is 18.4 Å². The molecule has 0 spiro atoms. The Labute approximate surface area is 163 Å². The van der Waals surface area contributed by atoms with E-state index in [1.165, 1.54) is 4.31 Å². The topological polar surface area (TPSA) is 66.5 Å². The summed E-state index contributed by atoms with van der Waals surface area (Å²) in [5.41, 5.74) is 2.31. The summed E-state index contributed by atoms with van der Waals surface area (Å²) >= 11 is 6.20. The van der Waals surface area contributed by atoms with Crippen LogP contribution in [-0.4, -0.2) is 31.7 Å². The number of rotatable bonds is 3. The smallest absolute Gasteiger partial charge is 0.256 e. The Bertz CT molecular complexity index is 1040. The fourth-order valence-electron chi connectivity index (χ4n) is 3.47. The normalized spacial score (nSPS) is 19.1. The molecule has 7 heteroatoms. The van der Waals surface area contributed by atoms with Gasteiger partial charge < -0.3 is 5.32 Å². The number of nitrogens with zero attached hydrogens (tertiary/aromatic N) is 1. The van der Waals surface area contributed by atoms with Crippen LogP contribution in [-0.2, 0) is 14.8 Å². The predicted molar refractivity (Wildman–Crippen MR) is 107 cm³/mol. The number of halogens is 1. The summed E-state index contributed by atoms with van der Waals surface area (Å²) in [6.45, 7) is 1.08. The SMILES string of the molecule is O=C1Nc2ccc(S(=O)(=O)N3CCCCC3)cc2/C1=C\c1ccccc1Cl. The van der Waals surface area contributed by atoms with Crippen molar-refractivity contribution >= 4 is 44.9 Å². The molecule has 2 aromatic rings. The molecule has 2 aliphatic rings. The van der Waals surface area contributed by atoms with Gasteiger partial charge in [-0.3, -0.25) is 4.79 Å². The van der Waals surface area contributed by atoms with E-state index >= 15 is 0 Å². The Morgan fingerprint density at radius 3 is 2.52 bits per heavy atom. The average Bonchev–Trinajstić information content (AvgIpc) is 2.99. The highest BCUT2D eigenvalue weighted by Gasteiger charge is 2.30. The number of piperidine rings is 1. The maximum absolute atomic E-state index is 13.0. The molecule has 1 N–H and O–H groups in total. The first-order valence-corrected chi connectivity index (χ1v) is 10.7. The lowest BCUT2D eigenvalue weighted by Gasteiger charge is -2.26. The molecule has 2 aromatic carbocycles. The number of amides is 1. The highest BCUT2D eigenvalue weighted by atomic mass is 35.5. The number of sulfonamides is 1. The van der Waals surface area contributed by atoms with Crippen LogP contribution in [0.1, 0.15) is 30.4 Å². The summed E-state index contributed by atoms with van der Waals surface area (Å²) in [6, 6.07) is 12.0. The summed E-state index contributed by atoms with van der Waals surface area (Å²) in [5, 5.41) is 3.32. The Kier molecular flexibility index (Phi) is 4.80. The maximum atomic E-state index is 13.0. The highest BCUT2D eigenvalue weighted by molar-refractivity contribution is 7.89. The first kappa shape index (κ1) is 18.2. The number of carbonyl (C=O) groups is 1. The van der Waals surface area contributed by atoms with Crippen molar-refractivity contribution in [2.24, 2.45) is 0 Å². The van der Waals surface area contributed by atoms with Crippen LogP contribution in [0, 0.1) is 0 Å². The van der Waals surface area contributed by atoms with E-state index in [0.717, 1.165) is 19.3 Å². The maximum Gasteiger partial charge on any atom is 0.256 e. The zero-order valence-electron chi connectivity index (χ0n) is 14.6. The van der Waals surface area contributed by atoms with E-state index in [0.29, 0.717) is 40.5 Å². The third-order valence-corrected chi connectivity index (χ3v) is 7.17. The van der Waals surface area contributed by atoms with Crippen molar-refractivity contribution in [3.8, 4) is 0 Å². The van der Waals surface area contributed by atoms with Crippen LogP contribution in [0.15, 0.2) is 47.4 Å². The standard InChI is InChI=1S/C20H19ClN2O3S/c21-18-7-3-2-6-14(18)12-17-16-13-15(8-9-19(16)22-20(17)24)27(25,26)23-10-4-1-5-11-23/h2-3,6-9,12-13H,1,4-5,10-11H2,(H,22,24)/b17-12+. The van der Waals surface area contributed by atoms with Gasteiger partial charge in [0.2, 0.25) is 10.0 Å². The summed E-state index contributed by atoms with van der Waals surface area (Å²) in [5.74, 6) is -0.266. The number of fused-ring (bicyclic) bond motifs is 1. The Morgan fingerprint density at radius 1 is 1.04 bits per heavy atom. The molecule has 0 unspecified atom stereocenters. The Balaban J connectivity index is 1.76. The van der Waals surface area contributed by atoms with E-state index in [-0.39, 0.29) is 10.8 Å². The molecule has 2 aliphatic heterocycles. The average molecular weight is 403 g/mol. The van der Waals surface area contributed by atoms with Crippen LogP contribution in [0.25, 0.3) is 11.6 Å². The lowest BCUT2D eigenvalue weighted by atomic mass is 10.0. The molecular formula is C20H19ClN2O3S. The summed E-state index contributed by atoms with van der Waals surface area (Å²) < 4.78 is 27.5. The second-order valence-electron chi connectivity index (χ2n) is 6.71. The minimum absolute atomic E-state index is 0.213. The monoisotopic (exact) mass is 402 g/mol. The second kappa shape index (κ2) is 7.11. The molecule has 2 heterocycles. The number of hydrogen-bond donors (Lipinski definition) is 1. The molecule has 0 aromatic heterocycles. The Hall–Kier alpha value is -2.15. The van der Waals surface area contributed by atoms with E-state index in [2.05, 4.69) is 5.32 Å². The van der Waals surface area contributed by atoms with Crippen LogP contribution in [0.2, 0.25) is 5.02 Å². The largest absolute Gasteiger partial charge is 0.321 e. The molecule has 0 atom stereocenters. The van der Waals surface area contributed by atoms with Crippen LogP contribution in [0.5, 0.6) is 0 Å². The van der Waals surface area contributed by atoms with Crippen LogP contribution in [0.4, 0.5) is 5.69 Å². The van der Waals surface area contributed by atoms with Gasteiger partial charge in [0.15, 0.2) is 0 Å². The predicted octanol–water partition coefficient (Wildman–Crippen LogP) is 4.01. The first-order chi connectivity index (χ1) is 13.0. The third-order valence-electron chi connectivity index (χ3n) is 4.93. The number of nitrogens with one attached hydrogen (secondary N) is 1. The summed E-state index contributed by atoms with van der Waals surface area (Å²) in [6.07, 6.45) is 4.50. The van der Waals surface area contributed by atoms with Crippen LogP contribution < -0.4 is 5.32 Å². The quantitative estimate of drug-likeness (QED) is 0.789. The van der Waals surface area contributed by atoms with Gasteiger partial charge in [-0.25, -0.2) is 8.42 Å². The molecular weight excluding hydrogens is 384 g/mol. The van der Waals surface area contributed by atoms with Gasteiger partial charge in [0.25, 0.3) is 5.91 Å². The minimum Gasteiger partial charge on any atom is -0.321 e. The molecule has 1 saturated heterocycles. The second-order valence-corrected chi connectivity index (χ2v) is 9.05. The highest BCUT2D eigenvalue weighted by Crippen LogP contribution is 2.36. The molecule has 27 heavy (non-hydrogen) atoms.